The second-order valence-electron chi connectivity index (χ2n) is 3.49. The maximum atomic E-state index is 3.99. The van der Waals surface area contributed by atoms with Crippen LogP contribution in [0.3, 0.4) is 0 Å². The predicted octanol–water partition coefficient (Wildman–Crippen LogP) is 3.74. The van der Waals surface area contributed by atoms with Crippen molar-refractivity contribution >= 4 is 0 Å². The van der Waals surface area contributed by atoms with Gasteiger partial charge in [0.05, 0.1) is 0 Å². The standard InChI is InChI=1S/C11H19/c1-2-11-9-7-5-3-4-6-8-10-11/h3,5,11H,1-2,4,6-10H2. The Morgan fingerprint density at radius 1 is 1.09 bits per heavy atom. The first kappa shape index (κ1) is 8.83. The minimum absolute atomic E-state index is 0.901. The van der Waals surface area contributed by atoms with Crippen LogP contribution in [0.25, 0.3) is 0 Å². The monoisotopic (exact) mass is 151 g/mol. The fourth-order valence-electron chi connectivity index (χ4n) is 1.70. The normalized spacial score (nSPS) is 27.2. The highest BCUT2D eigenvalue weighted by Gasteiger charge is 2.05. The van der Waals surface area contributed by atoms with E-state index in [2.05, 4.69) is 19.1 Å². The lowest BCUT2D eigenvalue weighted by molar-refractivity contribution is 0.441. The first-order valence-electron chi connectivity index (χ1n) is 4.87. The fourth-order valence-corrected chi connectivity index (χ4v) is 1.70. The summed E-state index contributed by atoms with van der Waals surface area (Å²) >= 11 is 0. The Morgan fingerprint density at radius 2 is 1.91 bits per heavy atom. The quantitative estimate of drug-likeness (QED) is 0.501. The van der Waals surface area contributed by atoms with Gasteiger partial charge < -0.3 is 0 Å². The lowest BCUT2D eigenvalue weighted by atomic mass is 9.95. The second kappa shape index (κ2) is 5.40. The molecule has 0 bridgehead atoms. The van der Waals surface area contributed by atoms with Crippen LogP contribution >= 0.6 is 0 Å². The van der Waals surface area contributed by atoms with Crippen LogP contribution < -0.4 is 0 Å². The van der Waals surface area contributed by atoms with Crippen LogP contribution in [-0.2, 0) is 0 Å². The summed E-state index contributed by atoms with van der Waals surface area (Å²) in [5.41, 5.74) is 0. The Hall–Kier alpha value is -0.260. The topological polar surface area (TPSA) is 0 Å². The molecule has 0 aromatic rings. The van der Waals surface area contributed by atoms with Crippen LogP contribution in [0.4, 0.5) is 0 Å². The molecule has 0 saturated carbocycles. The summed E-state index contributed by atoms with van der Waals surface area (Å²) in [6.07, 6.45) is 13.9. The molecule has 0 nitrogen and oxygen atoms in total. The Bertz CT molecular complexity index is 113. The van der Waals surface area contributed by atoms with Crippen LogP contribution in [0, 0.1) is 12.8 Å². The molecule has 11 heavy (non-hydrogen) atoms. The summed E-state index contributed by atoms with van der Waals surface area (Å²) in [4.78, 5) is 0. The largest absolute Gasteiger partial charge is 0.0885 e. The van der Waals surface area contributed by atoms with Crippen molar-refractivity contribution in [3.05, 3.63) is 19.1 Å². The summed E-state index contributed by atoms with van der Waals surface area (Å²) < 4.78 is 0. The van der Waals surface area contributed by atoms with Crippen molar-refractivity contribution in [1.29, 1.82) is 0 Å². The first-order valence-corrected chi connectivity index (χ1v) is 4.87. The third kappa shape index (κ3) is 3.60. The molecule has 0 aliphatic heterocycles. The van der Waals surface area contributed by atoms with Crippen LogP contribution in [0.5, 0.6) is 0 Å². The first-order chi connectivity index (χ1) is 5.43. The van der Waals surface area contributed by atoms with Crippen LogP contribution in [0.1, 0.15) is 44.9 Å². The lowest BCUT2D eigenvalue weighted by Crippen LogP contribution is -1.97. The Kier molecular flexibility index (Phi) is 4.33. The van der Waals surface area contributed by atoms with Crippen LogP contribution in [0.2, 0.25) is 0 Å². The molecule has 0 heterocycles. The van der Waals surface area contributed by atoms with Gasteiger partial charge in [-0.1, -0.05) is 38.3 Å². The zero-order chi connectivity index (χ0) is 7.94. The highest BCUT2D eigenvalue weighted by Crippen LogP contribution is 2.20. The van der Waals surface area contributed by atoms with E-state index in [4.69, 9.17) is 0 Å². The van der Waals surface area contributed by atoms with Gasteiger partial charge in [0.1, 0.15) is 0 Å². The Labute approximate surface area is 70.7 Å². The van der Waals surface area contributed by atoms with Crippen molar-refractivity contribution in [1.82, 2.24) is 0 Å². The lowest BCUT2D eigenvalue weighted by Gasteiger charge is -2.11. The molecule has 0 heteroatoms. The molecular weight excluding hydrogens is 132 g/mol. The van der Waals surface area contributed by atoms with Crippen LogP contribution in [-0.4, -0.2) is 0 Å². The minimum atomic E-state index is 0.901. The molecule has 1 unspecified atom stereocenters. The number of hydrogen-bond donors (Lipinski definition) is 0. The molecule has 0 saturated heterocycles. The van der Waals surface area contributed by atoms with Crippen molar-refractivity contribution in [2.24, 2.45) is 5.92 Å². The van der Waals surface area contributed by atoms with Crippen LogP contribution in [0.15, 0.2) is 12.2 Å². The van der Waals surface area contributed by atoms with E-state index in [1.54, 1.807) is 0 Å². The van der Waals surface area contributed by atoms with E-state index in [1.807, 2.05) is 0 Å². The molecule has 1 rings (SSSR count). The van der Waals surface area contributed by atoms with Gasteiger partial charge in [0.15, 0.2) is 0 Å². The van der Waals surface area contributed by atoms with Crippen molar-refractivity contribution in [2.75, 3.05) is 0 Å². The zero-order valence-corrected chi connectivity index (χ0v) is 7.39. The molecule has 0 aromatic heterocycles. The molecule has 0 aromatic carbocycles. The molecule has 63 valence electrons. The van der Waals surface area contributed by atoms with E-state index in [0.717, 1.165) is 12.3 Å². The zero-order valence-electron chi connectivity index (χ0n) is 7.39. The van der Waals surface area contributed by atoms with Gasteiger partial charge in [0.25, 0.3) is 0 Å². The second-order valence-corrected chi connectivity index (χ2v) is 3.49. The number of rotatable bonds is 1. The van der Waals surface area contributed by atoms with Crippen molar-refractivity contribution in [3.63, 3.8) is 0 Å². The van der Waals surface area contributed by atoms with E-state index >= 15 is 0 Å². The van der Waals surface area contributed by atoms with Gasteiger partial charge in [-0.3, -0.25) is 0 Å². The molecule has 1 aliphatic carbocycles. The third-order valence-corrected chi connectivity index (χ3v) is 2.55. The average Bonchev–Trinajstić information content (AvgIpc) is 2.16. The van der Waals surface area contributed by atoms with E-state index in [1.165, 1.54) is 38.5 Å². The molecule has 1 radical (unpaired) electrons. The highest BCUT2D eigenvalue weighted by molar-refractivity contribution is 4.83. The van der Waals surface area contributed by atoms with Gasteiger partial charge in [-0.25, -0.2) is 0 Å². The molecule has 0 fully saturated rings. The Morgan fingerprint density at radius 3 is 2.73 bits per heavy atom. The van der Waals surface area contributed by atoms with Gasteiger partial charge in [-0.05, 0) is 31.6 Å². The highest BCUT2D eigenvalue weighted by atomic mass is 14.1. The molecule has 1 atom stereocenters. The third-order valence-electron chi connectivity index (χ3n) is 2.55. The summed E-state index contributed by atoms with van der Waals surface area (Å²) in [6.45, 7) is 3.99. The maximum Gasteiger partial charge on any atom is -0.0348 e. The van der Waals surface area contributed by atoms with E-state index in [9.17, 15) is 0 Å². The summed E-state index contributed by atoms with van der Waals surface area (Å²) in [7, 11) is 0. The van der Waals surface area contributed by atoms with Crippen molar-refractivity contribution < 1.29 is 0 Å². The SMILES string of the molecule is [CH2]CC1CCC=CCCCC1. The summed E-state index contributed by atoms with van der Waals surface area (Å²) in [6, 6.07) is 0. The average molecular weight is 151 g/mol. The number of hydrogen-bond acceptors (Lipinski definition) is 0. The summed E-state index contributed by atoms with van der Waals surface area (Å²) in [5.74, 6) is 0.901. The molecule has 0 N–H and O–H groups in total. The molecule has 1 aliphatic rings. The number of allylic oxidation sites excluding steroid dienone is 2. The van der Waals surface area contributed by atoms with E-state index in [0.29, 0.717) is 0 Å². The van der Waals surface area contributed by atoms with Crippen molar-refractivity contribution in [2.45, 2.75) is 44.9 Å². The fraction of sp³-hybridized carbons (Fsp3) is 0.727. The summed E-state index contributed by atoms with van der Waals surface area (Å²) in [5, 5.41) is 0. The van der Waals surface area contributed by atoms with Gasteiger partial charge in [-0.15, -0.1) is 0 Å². The molecule has 0 spiro atoms. The van der Waals surface area contributed by atoms with Gasteiger partial charge in [0, 0.05) is 0 Å². The maximum absolute atomic E-state index is 3.99. The van der Waals surface area contributed by atoms with E-state index < -0.39 is 0 Å². The van der Waals surface area contributed by atoms with Crippen molar-refractivity contribution in [3.8, 4) is 0 Å². The molecular formula is C11H19. The predicted molar refractivity (Wildman–Crippen MR) is 50.3 cm³/mol. The van der Waals surface area contributed by atoms with E-state index in [-0.39, 0.29) is 0 Å². The van der Waals surface area contributed by atoms with Gasteiger partial charge >= 0.3 is 0 Å². The van der Waals surface area contributed by atoms with Gasteiger partial charge in [-0.2, -0.15) is 0 Å². The molecule has 0 amide bonds. The van der Waals surface area contributed by atoms with Gasteiger partial charge in [0.2, 0.25) is 0 Å². The Balaban J connectivity index is 2.28. The minimum Gasteiger partial charge on any atom is -0.0885 e. The smallest absolute Gasteiger partial charge is 0.0348 e.